The molecule has 0 saturated heterocycles. The van der Waals surface area contributed by atoms with Gasteiger partial charge in [-0.25, -0.2) is 4.98 Å². The number of aromatic nitrogens is 1. The molecule has 1 N–H and O–H groups in total. The van der Waals surface area contributed by atoms with Crippen molar-refractivity contribution in [3.05, 3.63) is 35.5 Å². The molecule has 1 amide bonds. The van der Waals surface area contributed by atoms with Crippen molar-refractivity contribution in [2.24, 2.45) is 17.3 Å². The molecule has 3 nitrogen and oxygen atoms in total. The van der Waals surface area contributed by atoms with Crippen molar-refractivity contribution < 1.29 is 4.79 Å². The summed E-state index contributed by atoms with van der Waals surface area (Å²) in [7, 11) is 0. The van der Waals surface area contributed by atoms with Gasteiger partial charge >= 0.3 is 0 Å². The first kappa shape index (κ1) is 13.8. The van der Waals surface area contributed by atoms with Crippen LogP contribution in [0.25, 0.3) is 0 Å². The summed E-state index contributed by atoms with van der Waals surface area (Å²) < 4.78 is 0. The van der Waals surface area contributed by atoms with Crippen molar-refractivity contribution in [1.29, 1.82) is 0 Å². The topological polar surface area (TPSA) is 42.0 Å². The van der Waals surface area contributed by atoms with Gasteiger partial charge in [-0.15, -0.1) is 0 Å². The molecule has 0 aromatic carbocycles. The van der Waals surface area contributed by atoms with Crippen LogP contribution in [0.3, 0.4) is 0 Å². The van der Waals surface area contributed by atoms with Crippen LogP contribution in [-0.4, -0.2) is 10.9 Å². The van der Waals surface area contributed by atoms with Crippen LogP contribution < -0.4 is 5.32 Å². The van der Waals surface area contributed by atoms with Crippen LogP contribution >= 0.6 is 0 Å². The fourth-order valence-electron chi connectivity index (χ4n) is 2.59. The number of allylic oxidation sites excluding steroid dienone is 2. The third-order valence-corrected chi connectivity index (χ3v) is 3.87. The van der Waals surface area contributed by atoms with Crippen LogP contribution in [-0.2, 0) is 4.79 Å². The molecule has 0 radical (unpaired) electrons. The first-order valence-corrected chi connectivity index (χ1v) is 6.71. The molecule has 1 aliphatic rings. The van der Waals surface area contributed by atoms with E-state index in [4.69, 9.17) is 0 Å². The quantitative estimate of drug-likeness (QED) is 0.842. The van der Waals surface area contributed by atoms with Gasteiger partial charge in [0.1, 0.15) is 5.82 Å². The fourth-order valence-corrected chi connectivity index (χ4v) is 2.59. The Balaban J connectivity index is 2.05. The summed E-state index contributed by atoms with van der Waals surface area (Å²) in [6.07, 6.45) is 3.97. The van der Waals surface area contributed by atoms with Gasteiger partial charge in [-0.05, 0) is 43.7 Å². The molecule has 0 aliphatic heterocycles. The summed E-state index contributed by atoms with van der Waals surface area (Å²) >= 11 is 0. The molecule has 1 saturated carbocycles. The van der Waals surface area contributed by atoms with E-state index >= 15 is 0 Å². The molecule has 1 aromatic heterocycles. The lowest BCUT2D eigenvalue weighted by Crippen LogP contribution is -2.17. The highest BCUT2D eigenvalue weighted by Crippen LogP contribution is 2.59. The molecular formula is C16H22N2O. The fraction of sp³-hybridized carbons (Fsp3) is 0.500. The Kier molecular flexibility index (Phi) is 3.48. The summed E-state index contributed by atoms with van der Waals surface area (Å²) in [6, 6.07) is 3.80. The minimum absolute atomic E-state index is 0.0468. The van der Waals surface area contributed by atoms with E-state index in [-0.39, 0.29) is 17.2 Å². The second-order valence-electron chi connectivity index (χ2n) is 6.28. The van der Waals surface area contributed by atoms with Crippen LogP contribution in [0, 0.1) is 24.2 Å². The van der Waals surface area contributed by atoms with E-state index < -0.39 is 0 Å². The smallest absolute Gasteiger partial charge is 0.229 e. The molecule has 2 rings (SSSR count). The predicted molar refractivity (Wildman–Crippen MR) is 77.8 cm³/mol. The van der Waals surface area contributed by atoms with Gasteiger partial charge in [0.2, 0.25) is 5.91 Å². The van der Waals surface area contributed by atoms with Crippen LogP contribution in [0.1, 0.15) is 33.3 Å². The Bertz CT molecular complexity index is 510. The van der Waals surface area contributed by atoms with E-state index in [0.29, 0.717) is 11.7 Å². The minimum atomic E-state index is 0.0468. The van der Waals surface area contributed by atoms with Crippen molar-refractivity contribution in [2.45, 2.75) is 34.6 Å². The molecule has 1 aromatic rings. The van der Waals surface area contributed by atoms with Crippen molar-refractivity contribution >= 4 is 11.7 Å². The van der Waals surface area contributed by atoms with E-state index in [1.54, 1.807) is 6.20 Å². The van der Waals surface area contributed by atoms with Crippen LogP contribution in [0.15, 0.2) is 30.0 Å². The molecule has 102 valence electrons. The predicted octanol–water partition coefficient (Wildman–Crippen LogP) is 3.57. The van der Waals surface area contributed by atoms with Crippen molar-refractivity contribution in [3.8, 4) is 0 Å². The van der Waals surface area contributed by atoms with Crippen molar-refractivity contribution in [2.75, 3.05) is 5.32 Å². The normalized spacial score (nSPS) is 23.6. The molecule has 2 atom stereocenters. The number of hydrogen-bond donors (Lipinski definition) is 1. The van der Waals surface area contributed by atoms with Gasteiger partial charge in [0.25, 0.3) is 0 Å². The molecule has 0 spiro atoms. The number of nitrogens with zero attached hydrogens (tertiary/aromatic N) is 1. The zero-order valence-corrected chi connectivity index (χ0v) is 12.3. The lowest BCUT2D eigenvalue weighted by atomic mass is 10.1. The number of carbonyl (C=O) groups is 1. The number of rotatable bonds is 3. The van der Waals surface area contributed by atoms with E-state index in [1.807, 2.05) is 19.1 Å². The first-order chi connectivity index (χ1) is 8.82. The Morgan fingerprint density at radius 3 is 2.58 bits per heavy atom. The third kappa shape index (κ3) is 2.86. The molecule has 19 heavy (non-hydrogen) atoms. The number of amides is 1. The van der Waals surface area contributed by atoms with Gasteiger partial charge in [0.05, 0.1) is 5.92 Å². The molecule has 0 unspecified atom stereocenters. The lowest BCUT2D eigenvalue weighted by molar-refractivity contribution is -0.118. The molecule has 0 bridgehead atoms. The summed E-state index contributed by atoms with van der Waals surface area (Å²) in [4.78, 5) is 16.5. The lowest BCUT2D eigenvalue weighted by Gasteiger charge is -2.05. The van der Waals surface area contributed by atoms with E-state index in [2.05, 4.69) is 44.1 Å². The number of carbonyl (C=O) groups excluding carboxylic acids is 1. The monoisotopic (exact) mass is 258 g/mol. The van der Waals surface area contributed by atoms with Crippen LogP contribution in [0.2, 0.25) is 0 Å². The zero-order chi connectivity index (χ0) is 14.2. The van der Waals surface area contributed by atoms with E-state index in [9.17, 15) is 4.79 Å². The summed E-state index contributed by atoms with van der Waals surface area (Å²) in [5.41, 5.74) is 2.40. The Labute approximate surface area is 115 Å². The van der Waals surface area contributed by atoms with Crippen molar-refractivity contribution in [3.63, 3.8) is 0 Å². The Morgan fingerprint density at radius 2 is 2.05 bits per heavy atom. The highest BCUT2D eigenvalue weighted by molar-refractivity contribution is 5.95. The van der Waals surface area contributed by atoms with Gasteiger partial charge in [-0.2, -0.15) is 0 Å². The van der Waals surface area contributed by atoms with Gasteiger partial charge in [-0.1, -0.05) is 31.6 Å². The van der Waals surface area contributed by atoms with Gasteiger partial charge in [0, 0.05) is 6.20 Å². The number of aryl methyl sites for hydroxylation is 1. The molecular weight excluding hydrogens is 236 g/mol. The van der Waals surface area contributed by atoms with Gasteiger partial charge in [0.15, 0.2) is 0 Å². The van der Waals surface area contributed by atoms with Crippen LogP contribution in [0.5, 0.6) is 0 Å². The highest BCUT2D eigenvalue weighted by Gasteiger charge is 2.60. The molecule has 1 fully saturated rings. The standard InChI is InChI=1S/C16H22N2O/c1-10(2)8-12-14(16(12,4)5)15(19)18-13-7-6-11(3)9-17-13/h6-9,12,14H,1-5H3,(H,17,18,19)/t12-,14-/m1/s1. The zero-order valence-electron chi connectivity index (χ0n) is 12.3. The average Bonchev–Trinajstić information content (AvgIpc) is 2.83. The average molecular weight is 258 g/mol. The first-order valence-electron chi connectivity index (χ1n) is 6.71. The Hall–Kier alpha value is -1.64. The SMILES string of the molecule is CC(C)=C[C@@H]1[C@H](C(=O)Nc2ccc(C)cn2)C1(C)C. The second-order valence-corrected chi connectivity index (χ2v) is 6.28. The summed E-state index contributed by atoms with van der Waals surface area (Å²) in [6.45, 7) is 10.4. The maximum absolute atomic E-state index is 12.3. The third-order valence-electron chi connectivity index (χ3n) is 3.87. The number of hydrogen-bond acceptors (Lipinski definition) is 2. The number of pyridine rings is 1. The van der Waals surface area contributed by atoms with Crippen LogP contribution in [0.4, 0.5) is 5.82 Å². The maximum atomic E-state index is 12.3. The maximum Gasteiger partial charge on any atom is 0.229 e. The van der Waals surface area contributed by atoms with Gasteiger partial charge in [-0.3, -0.25) is 4.79 Å². The largest absolute Gasteiger partial charge is 0.310 e. The summed E-state index contributed by atoms with van der Waals surface area (Å²) in [5, 5.41) is 2.91. The summed E-state index contributed by atoms with van der Waals surface area (Å²) in [5.74, 6) is 1.09. The number of nitrogens with one attached hydrogen (secondary N) is 1. The molecule has 1 aliphatic carbocycles. The van der Waals surface area contributed by atoms with Gasteiger partial charge < -0.3 is 5.32 Å². The highest BCUT2D eigenvalue weighted by atomic mass is 16.2. The second kappa shape index (κ2) is 4.80. The van der Waals surface area contributed by atoms with Crippen molar-refractivity contribution in [1.82, 2.24) is 4.98 Å². The molecule has 1 heterocycles. The van der Waals surface area contributed by atoms with E-state index in [0.717, 1.165) is 5.56 Å². The number of anilines is 1. The molecule has 3 heteroatoms. The minimum Gasteiger partial charge on any atom is -0.310 e. The Morgan fingerprint density at radius 1 is 1.37 bits per heavy atom. The van der Waals surface area contributed by atoms with E-state index in [1.165, 1.54) is 5.57 Å².